The van der Waals surface area contributed by atoms with Crippen molar-refractivity contribution in [3.63, 3.8) is 0 Å². The van der Waals surface area contributed by atoms with Gasteiger partial charge in [-0.1, -0.05) is 6.07 Å². The van der Waals surface area contributed by atoms with E-state index in [9.17, 15) is 0 Å². The highest BCUT2D eigenvalue weighted by Crippen LogP contribution is 2.32. The fourth-order valence-electron chi connectivity index (χ4n) is 3.15. The molecule has 4 N–H and O–H groups in total. The highest BCUT2D eigenvalue weighted by atomic mass is 16.5. The third-order valence-electron chi connectivity index (χ3n) is 4.49. The quantitative estimate of drug-likeness (QED) is 0.474. The number of anilines is 1. The second-order valence-corrected chi connectivity index (χ2v) is 6.49. The summed E-state index contributed by atoms with van der Waals surface area (Å²) in [7, 11) is 1.62. The third-order valence-corrected chi connectivity index (χ3v) is 4.49. The zero-order chi connectivity index (χ0) is 19.5. The molecular formula is C20H19N7O. The van der Waals surface area contributed by atoms with Gasteiger partial charge in [-0.05, 0) is 12.1 Å². The van der Waals surface area contributed by atoms with E-state index < -0.39 is 0 Å². The largest absolute Gasteiger partial charge is 0.383 e. The minimum absolute atomic E-state index is 0.149. The fraction of sp³-hybridized carbons (Fsp3) is 0.200. The first kappa shape index (κ1) is 17.9. The van der Waals surface area contributed by atoms with Gasteiger partial charge in [-0.3, -0.25) is 4.98 Å². The summed E-state index contributed by atoms with van der Waals surface area (Å²) in [6.07, 6.45) is 7.18. The number of nitrogens with zero attached hydrogens (tertiary/aromatic N) is 4. The van der Waals surface area contributed by atoms with E-state index in [1.165, 1.54) is 0 Å². The number of aromatic nitrogens is 4. The van der Waals surface area contributed by atoms with Crippen molar-refractivity contribution in [1.82, 2.24) is 19.9 Å². The lowest BCUT2D eigenvalue weighted by Crippen LogP contribution is -2.33. The molecule has 4 rings (SSSR count). The van der Waals surface area contributed by atoms with E-state index in [2.05, 4.69) is 31.3 Å². The van der Waals surface area contributed by atoms with Crippen LogP contribution >= 0.6 is 0 Å². The molecule has 8 heteroatoms. The summed E-state index contributed by atoms with van der Waals surface area (Å²) in [5.74, 6) is 0.498. The lowest BCUT2D eigenvalue weighted by Gasteiger charge is -2.12. The maximum Gasteiger partial charge on any atom is 0.223 e. The van der Waals surface area contributed by atoms with E-state index >= 15 is 0 Å². The molecule has 0 aliphatic heterocycles. The Balaban J connectivity index is 1.75. The van der Waals surface area contributed by atoms with Gasteiger partial charge in [0.1, 0.15) is 0 Å². The Morgan fingerprint density at radius 2 is 2.18 bits per heavy atom. The van der Waals surface area contributed by atoms with Gasteiger partial charge in [-0.15, -0.1) is 0 Å². The van der Waals surface area contributed by atoms with Gasteiger partial charge in [0.25, 0.3) is 0 Å². The topological polar surface area (TPSA) is 126 Å². The molecule has 0 fully saturated rings. The molecule has 0 amide bonds. The number of methoxy groups -OCH3 is 1. The average molecular weight is 373 g/mol. The Labute approximate surface area is 161 Å². The molecule has 1 aromatic carbocycles. The van der Waals surface area contributed by atoms with Crippen molar-refractivity contribution in [2.45, 2.75) is 6.04 Å². The van der Waals surface area contributed by atoms with Crippen molar-refractivity contribution in [3.8, 4) is 17.2 Å². The van der Waals surface area contributed by atoms with Crippen LogP contribution in [0.4, 0.5) is 5.95 Å². The van der Waals surface area contributed by atoms with Crippen LogP contribution in [0.25, 0.3) is 32.9 Å². The molecule has 140 valence electrons. The highest BCUT2D eigenvalue weighted by Gasteiger charge is 2.13. The highest BCUT2D eigenvalue weighted by molar-refractivity contribution is 6.03. The Hall–Kier alpha value is -3.54. The van der Waals surface area contributed by atoms with Crippen molar-refractivity contribution in [2.75, 3.05) is 25.6 Å². The summed E-state index contributed by atoms with van der Waals surface area (Å²) in [4.78, 5) is 16.6. The van der Waals surface area contributed by atoms with Gasteiger partial charge in [-0.25, -0.2) is 9.97 Å². The van der Waals surface area contributed by atoms with Gasteiger partial charge in [-0.2, -0.15) is 5.26 Å². The van der Waals surface area contributed by atoms with Crippen LogP contribution in [0.3, 0.4) is 0 Å². The second kappa shape index (κ2) is 7.60. The number of H-pyrrole nitrogens is 1. The second-order valence-electron chi connectivity index (χ2n) is 6.49. The predicted octanol–water partition coefficient (Wildman–Crippen LogP) is 2.43. The van der Waals surface area contributed by atoms with Crippen molar-refractivity contribution in [2.24, 2.45) is 5.73 Å². The van der Waals surface area contributed by atoms with E-state index in [4.69, 9.17) is 15.7 Å². The number of nitrogens with one attached hydrogen (secondary N) is 2. The molecule has 4 aromatic rings. The van der Waals surface area contributed by atoms with E-state index in [1.54, 1.807) is 31.8 Å². The van der Waals surface area contributed by atoms with Gasteiger partial charge in [0.2, 0.25) is 5.95 Å². The zero-order valence-electron chi connectivity index (χ0n) is 15.3. The van der Waals surface area contributed by atoms with E-state index in [0.717, 1.165) is 32.9 Å². The molecule has 1 atom stereocenters. The van der Waals surface area contributed by atoms with Crippen molar-refractivity contribution < 1.29 is 4.74 Å². The molecule has 0 saturated heterocycles. The summed E-state index contributed by atoms with van der Waals surface area (Å²) >= 11 is 0. The van der Waals surface area contributed by atoms with Gasteiger partial charge in [0, 0.05) is 71.9 Å². The first-order valence-corrected chi connectivity index (χ1v) is 8.80. The summed E-state index contributed by atoms with van der Waals surface area (Å²) in [5, 5.41) is 14.1. The van der Waals surface area contributed by atoms with Crippen LogP contribution in [-0.4, -0.2) is 46.2 Å². The molecule has 3 aromatic heterocycles. The first-order valence-electron chi connectivity index (χ1n) is 8.80. The molecule has 3 heterocycles. The number of pyridine rings is 1. The van der Waals surface area contributed by atoms with Crippen molar-refractivity contribution in [3.05, 3.63) is 48.5 Å². The van der Waals surface area contributed by atoms with Crippen LogP contribution in [0, 0.1) is 11.3 Å². The number of fused-ring (bicyclic) bond motifs is 2. The zero-order valence-corrected chi connectivity index (χ0v) is 15.3. The van der Waals surface area contributed by atoms with E-state index in [0.29, 0.717) is 24.7 Å². The van der Waals surface area contributed by atoms with Gasteiger partial charge >= 0.3 is 0 Å². The molecule has 0 aliphatic rings. The van der Waals surface area contributed by atoms with Gasteiger partial charge in [0.15, 0.2) is 0 Å². The fourth-order valence-corrected chi connectivity index (χ4v) is 3.15. The normalized spacial score (nSPS) is 12.2. The van der Waals surface area contributed by atoms with Crippen molar-refractivity contribution >= 4 is 27.8 Å². The number of benzene rings is 1. The molecule has 0 aliphatic carbocycles. The third kappa shape index (κ3) is 3.36. The number of ether oxygens (including phenoxy) is 1. The molecule has 8 nitrogen and oxygen atoms in total. The number of aromatic amines is 1. The summed E-state index contributed by atoms with van der Waals surface area (Å²) in [6.45, 7) is 0.958. The van der Waals surface area contributed by atoms with Gasteiger partial charge < -0.3 is 20.8 Å². The standard InChI is InChI=1S/C20H19N7O/c1-28-11-14(22)8-26-20-25-7-13-6-23-9-17(19(13)27-20)16-10-24-18-4-12(5-21)2-3-15(16)18/h2-4,6-7,9-10,14,24H,8,11,22H2,1H3,(H,25,26,27). The Morgan fingerprint density at radius 3 is 3.00 bits per heavy atom. The predicted molar refractivity (Wildman–Crippen MR) is 108 cm³/mol. The number of hydrogen-bond acceptors (Lipinski definition) is 7. The minimum Gasteiger partial charge on any atom is -0.383 e. The summed E-state index contributed by atoms with van der Waals surface area (Å²) < 4.78 is 5.05. The molecule has 0 spiro atoms. The lowest BCUT2D eigenvalue weighted by molar-refractivity contribution is 0.183. The average Bonchev–Trinajstić information content (AvgIpc) is 3.14. The van der Waals surface area contributed by atoms with E-state index in [-0.39, 0.29) is 6.04 Å². The summed E-state index contributed by atoms with van der Waals surface area (Å²) in [5.41, 5.74) is 10.1. The number of rotatable bonds is 6. The Kier molecular flexibility index (Phi) is 4.85. The minimum atomic E-state index is -0.149. The van der Waals surface area contributed by atoms with Crippen LogP contribution in [-0.2, 0) is 4.74 Å². The van der Waals surface area contributed by atoms with Crippen LogP contribution in [0.5, 0.6) is 0 Å². The smallest absolute Gasteiger partial charge is 0.223 e. The Bertz CT molecular complexity index is 1180. The Morgan fingerprint density at radius 1 is 1.29 bits per heavy atom. The number of nitriles is 1. The van der Waals surface area contributed by atoms with Crippen molar-refractivity contribution in [1.29, 1.82) is 5.26 Å². The monoisotopic (exact) mass is 373 g/mol. The van der Waals surface area contributed by atoms with Crippen LogP contribution < -0.4 is 11.1 Å². The van der Waals surface area contributed by atoms with Gasteiger partial charge in [0.05, 0.1) is 23.8 Å². The number of hydrogen-bond donors (Lipinski definition) is 3. The van der Waals surface area contributed by atoms with E-state index in [1.807, 2.05) is 18.3 Å². The SMILES string of the molecule is COCC(N)CNc1ncc2cncc(-c3c[nH]c4cc(C#N)ccc34)c2n1. The maximum absolute atomic E-state index is 9.10. The lowest BCUT2D eigenvalue weighted by atomic mass is 10.0. The molecule has 0 saturated carbocycles. The summed E-state index contributed by atoms with van der Waals surface area (Å²) in [6, 6.07) is 7.57. The van der Waals surface area contributed by atoms with Crippen LogP contribution in [0.15, 0.2) is 43.0 Å². The maximum atomic E-state index is 9.10. The first-order chi connectivity index (χ1) is 13.7. The molecular weight excluding hydrogens is 354 g/mol. The van der Waals surface area contributed by atoms with Crippen LogP contribution in [0.2, 0.25) is 0 Å². The molecule has 28 heavy (non-hydrogen) atoms. The number of nitrogens with two attached hydrogens (primary N) is 1. The van der Waals surface area contributed by atoms with Crippen LogP contribution in [0.1, 0.15) is 5.56 Å². The molecule has 0 radical (unpaired) electrons. The molecule has 1 unspecified atom stereocenters. The molecule has 0 bridgehead atoms.